The Bertz CT molecular complexity index is 916. The van der Waals surface area contributed by atoms with Gasteiger partial charge in [-0.05, 0) is 42.9 Å². The van der Waals surface area contributed by atoms with Crippen LogP contribution in [-0.2, 0) is 13.0 Å². The van der Waals surface area contributed by atoms with E-state index in [1.54, 1.807) is 0 Å². The maximum atomic E-state index is 6.15. The van der Waals surface area contributed by atoms with Gasteiger partial charge in [-0.15, -0.1) is 0 Å². The second-order valence-corrected chi connectivity index (χ2v) is 11.6. The van der Waals surface area contributed by atoms with E-state index in [1.165, 1.54) is 108 Å². The van der Waals surface area contributed by atoms with Crippen LogP contribution in [0.15, 0.2) is 30.3 Å². The summed E-state index contributed by atoms with van der Waals surface area (Å²) in [7, 11) is 0. The maximum Gasteiger partial charge on any atom is 0.226 e. The summed E-state index contributed by atoms with van der Waals surface area (Å²) in [5.41, 5.74) is 8.84. The number of hydrogen-bond acceptors (Lipinski definition) is 6. The fraction of sp³-hybridized carbons (Fsp3) is 0.688. The average Bonchev–Trinajstić information content (AvgIpc) is 2.95. The third-order valence-corrected chi connectivity index (χ3v) is 8.53. The first-order valence-electron chi connectivity index (χ1n) is 15.6. The van der Waals surface area contributed by atoms with Crippen molar-refractivity contribution in [3.8, 4) is 0 Å². The first-order chi connectivity index (χ1) is 18.7. The Labute approximate surface area is 231 Å². The number of nitrogens with one attached hydrogen (secondary N) is 1. The predicted molar refractivity (Wildman–Crippen MR) is 162 cm³/mol. The van der Waals surface area contributed by atoms with Crippen LogP contribution >= 0.6 is 0 Å². The topological polar surface area (TPSA) is 70.3 Å². The third kappa shape index (κ3) is 9.76. The van der Waals surface area contributed by atoms with Crippen molar-refractivity contribution in [2.75, 3.05) is 48.7 Å². The van der Waals surface area contributed by atoms with E-state index in [4.69, 9.17) is 10.7 Å². The number of hydrogen-bond donors (Lipinski definition) is 2. The van der Waals surface area contributed by atoms with Crippen LogP contribution in [0.5, 0.6) is 0 Å². The minimum atomic E-state index is 0.525. The maximum absolute atomic E-state index is 6.15. The lowest BCUT2D eigenvalue weighted by Gasteiger charge is -2.35. The van der Waals surface area contributed by atoms with Gasteiger partial charge >= 0.3 is 0 Å². The summed E-state index contributed by atoms with van der Waals surface area (Å²) in [5.74, 6) is 3.10. The number of nitrogens with zero attached hydrogens (tertiary/aromatic N) is 4. The average molecular weight is 521 g/mol. The quantitative estimate of drug-likeness (QED) is 0.245. The van der Waals surface area contributed by atoms with Gasteiger partial charge in [-0.25, -0.2) is 0 Å². The molecule has 4 rings (SSSR count). The highest BCUT2D eigenvalue weighted by molar-refractivity contribution is 5.52. The molecule has 2 fully saturated rings. The Kier molecular flexibility index (Phi) is 12.0. The van der Waals surface area contributed by atoms with Crippen LogP contribution < -0.4 is 16.0 Å². The standard InChI is InChI=1S/C32H52N6/c1-2-3-11-20-37-21-23-38(24-22-37)31-25-30(33)35-32(36-31)34-26-29-18-16-28(17-19-29)15-8-5-4-7-12-27-13-9-6-10-14-27/h16-19,25,27H,2-15,20-24,26H2,1H3,(H3,33,34,35,36). The van der Waals surface area contributed by atoms with Crippen molar-refractivity contribution in [3.63, 3.8) is 0 Å². The number of rotatable bonds is 15. The molecule has 1 saturated heterocycles. The molecule has 1 saturated carbocycles. The van der Waals surface area contributed by atoms with Crippen molar-refractivity contribution >= 4 is 17.6 Å². The second-order valence-electron chi connectivity index (χ2n) is 11.6. The van der Waals surface area contributed by atoms with E-state index >= 15 is 0 Å². The van der Waals surface area contributed by atoms with E-state index in [-0.39, 0.29) is 0 Å². The van der Waals surface area contributed by atoms with Gasteiger partial charge in [0, 0.05) is 38.8 Å². The summed E-state index contributed by atoms with van der Waals surface area (Å²) >= 11 is 0. The zero-order valence-corrected chi connectivity index (χ0v) is 24.0. The third-order valence-electron chi connectivity index (χ3n) is 8.53. The molecule has 2 heterocycles. The Morgan fingerprint density at radius 1 is 0.842 bits per heavy atom. The van der Waals surface area contributed by atoms with Gasteiger partial charge in [0.2, 0.25) is 5.95 Å². The minimum absolute atomic E-state index is 0.525. The number of nitrogen functional groups attached to an aromatic ring is 1. The van der Waals surface area contributed by atoms with Gasteiger partial charge in [0.25, 0.3) is 0 Å². The van der Waals surface area contributed by atoms with Crippen LogP contribution in [0.2, 0.25) is 0 Å². The number of benzene rings is 1. The molecular formula is C32H52N6. The lowest BCUT2D eigenvalue weighted by Crippen LogP contribution is -2.47. The fourth-order valence-electron chi connectivity index (χ4n) is 6.08. The van der Waals surface area contributed by atoms with Crippen LogP contribution in [0, 0.1) is 5.92 Å². The molecule has 3 N–H and O–H groups in total. The molecule has 1 aliphatic heterocycles. The highest BCUT2D eigenvalue weighted by atomic mass is 15.3. The van der Waals surface area contributed by atoms with Crippen molar-refractivity contribution in [2.45, 2.75) is 103 Å². The van der Waals surface area contributed by atoms with Crippen molar-refractivity contribution in [1.82, 2.24) is 14.9 Å². The molecule has 0 radical (unpaired) electrons. The van der Waals surface area contributed by atoms with E-state index < -0.39 is 0 Å². The molecule has 1 aliphatic carbocycles. The summed E-state index contributed by atoms with van der Waals surface area (Å²) in [5, 5.41) is 3.40. The van der Waals surface area contributed by atoms with E-state index in [0.717, 1.165) is 37.9 Å². The van der Waals surface area contributed by atoms with Crippen molar-refractivity contribution in [2.24, 2.45) is 5.92 Å². The molecule has 0 unspecified atom stereocenters. The highest BCUT2D eigenvalue weighted by Gasteiger charge is 2.19. The highest BCUT2D eigenvalue weighted by Crippen LogP contribution is 2.28. The summed E-state index contributed by atoms with van der Waals surface area (Å²) in [4.78, 5) is 14.1. The monoisotopic (exact) mass is 520 g/mol. The van der Waals surface area contributed by atoms with Gasteiger partial charge in [0.1, 0.15) is 11.6 Å². The Morgan fingerprint density at radius 3 is 2.34 bits per heavy atom. The summed E-state index contributed by atoms with van der Waals surface area (Å²) in [6.07, 6.45) is 19.4. The molecular weight excluding hydrogens is 468 g/mol. The van der Waals surface area contributed by atoms with Crippen molar-refractivity contribution in [3.05, 3.63) is 41.5 Å². The first kappa shape index (κ1) is 28.7. The molecule has 0 spiro atoms. The zero-order valence-electron chi connectivity index (χ0n) is 24.0. The SMILES string of the molecule is CCCCCN1CCN(c2cc(N)nc(NCc3ccc(CCCCCCC4CCCCC4)cc3)n2)CC1. The summed E-state index contributed by atoms with van der Waals surface area (Å²) in [6.45, 7) is 8.33. The van der Waals surface area contributed by atoms with Crippen LogP contribution in [0.4, 0.5) is 17.6 Å². The molecule has 6 nitrogen and oxygen atoms in total. The summed E-state index contributed by atoms with van der Waals surface area (Å²) in [6, 6.07) is 10.9. The van der Waals surface area contributed by atoms with Gasteiger partial charge < -0.3 is 16.0 Å². The van der Waals surface area contributed by atoms with E-state index in [9.17, 15) is 0 Å². The molecule has 2 aromatic rings. The molecule has 6 heteroatoms. The van der Waals surface area contributed by atoms with Crippen LogP contribution in [0.25, 0.3) is 0 Å². The van der Waals surface area contributed by atoms with Crippen LogP contribution in [0.1, 0.15) is 102 Å². The minimum Gasteiger partial charge on any atom is -0.383 e. The van der Waals surface area contributed by atoms with Gasteiger partial charge in [-0.2, -0.15) is 9.97 Å². The van der Waals surface area contributed by atoms with Gasteiger partial charge in [-0.1, -0.05) is 102 Å². The molecule has 0 atom stereocenters. The number of aryl methyl sites for hydroxylation is 1. The fourth-order valence-corrected chi connectivity index (χ4v) is 6.08. The molecule has 1 aromatic heterocycles. The predicted octanol–water partition coefficient (Wildman–Crippen LogP) is 7.06. The molecule has 0 amide bonds. The smallest absolute Gasteiger partial charge is 0.226 e. The van der Waals surface area contributed by atoms with Gasteiger partial charge in [0.05, 0.1) is 0 Å². The van der Waals surface area contributed by atoms with E-state index in [2.05, 4.69) is 51.3 Å². The summed E-state index contributed by atoms with van der Waals surface area (Å²) < 4.78 is 0. The first-order valence-corrected chi connectivity index (χ1v) is 15.6. The molecule has 1 aromatic carbocycles. The normalized spacial score (nSPS) is 17.1. The van der Waals surface area contributed by atoms with E-state index in [1.807, 2.05) is 6.07 Å². The Hall–Kier alpha value is -2.34. The second kappa shape index (κ2) is 15.9. The number of nitrogens with two attached hydrogens (primary N) is 1. The van der Waals surface area contributed by atoms with Crippen LogP contribution in [-0.4, -0.2) is 47.6 Å². The van der Waals surface area contributed by atoms with E-state index in [0.29, 0.717) is 18.3 Å². The van der Waals surface area contributed by atoms with Crippen molar-refractivity contribution < 1.29 is 0 Å². The zero-order chi connectivity index (χ0) is 26.4. The van der Waals surface area contributed by atoms with Gasteiger partial charge in [-0.3, -0.25) is 4.90 Å². The molecule has 210 valence electrons. The number of piperazine rings is 1. The molecule has 2 aliphatic rings. The Morgan fingerprint density at radius 2 is 1.58 bits per heavy atom. The number of aromatic nitrogens is 2. The van der Waals surface area contributed by atoms with Crippen molar-refractivity contribution in [1.29, 1.82) is 0 Å². The van der Waals surface area contributed by atoms with Crippen LogP contribution in [0.3, 0.4) is 0 Å². The lowest BCUT2D eigenvalue weighted by atomic mass is 9.85. The Balaban J connectivity index is 1.15. The largest absolute Gasteiger partial charge is 0.383 e. The lowest BCUT2D eigenvalue weighted by molar-refractivity contribution is 0.252. The number of unbranched alkanes of at least 4 members (excludes halogenated alkanes) is 5. The molecule has 38 heavy (non-hydrogen) atoms. The van der Waals surface area contributed by atoms with Gasteiger partial charge in [0.15, 0.2) is 0 Å². The molecule has 0 bridgehead atoms. The number of anilines is 3.